The van der Waals surface area contributed by atoms with Crippen LogP contribution in [0.4, 0.5) is 0 Å². The van der Waals surface area contributed by atoms with E-state index < -0.39 is 5.97 Å². The first-order valence-electron chi connectivity index (χ1n) is 6.67. The van der Waals surface area contributed by atoms with Crippen molar-refractivity contribution in [3.8, 4) is 5.75 Å². The van der Waals surface area contributed by atoms with Crippen molar-refractivity contribution < 1.29 is 18.7 Å². The second kappa shape index (κ2) is 6.95. The Bertz CT molecular complexity index is 589. The number of rotatable bonds is 6. The lowest BCUT2D eigenvalue weighted by Crippen LogP contribution is -2.19. The minimum absolute atomic E-state index is 0.135. The highest BCUT2D eigenvalue weighted by Crippen LogP contribution is 2.18. The molecule has 2 rings (SSSR count). The van der Waals surface area contributed by atoms with Gasteiger partial charge < -0.3 is 19.2 Å². The molecule has 0 amide bonds. The Hall–Kier alpha value is -2.27. The van der Waals surface area contributed by atoms with Crippen LogP contribution in [0.15, 0.2) is 41.0 Å². The number of furan rings is 1. The zero-order valence-electron chi connectivity index (χ0n) is 12.4. The summed E-state index contributed by atoms with van der Waals surface area (Å²) in [6.07, 6.45) is 1.49. The number of methoxy groups -OCH3 is 2. The Morgan fingerprint density at radius 1 is 1.24 bits per heavy atom. The van der Waals surface area contributed by atoms with Gasteiger partial charge in [0.1, 0.15) is 5.75 Å². The molecule has 0 bridgehead atoms. The highest BCUT2D eigenvalue weighted by atomic mass is 16.5. The second-order valence-corrected chi connectivity index (χ2v) is 4.64. The molecule has 0 spiro atoms. The molecule has 0 unspecified atom stereocenters. The Kier molecular flexibility index (Phi) is 5.00. The van der Waals surface area contributed by atoms with E-state index in [1.54, 1.807) is 13.2 Å². The molecule has 2 aromatic rings. The molecule has 0 radical (unpaired) electrons. The molecule has 1 aromatic carbocycles. The average Bonchev–Trinajstić information content (AvgIpc) is 3.00. The van der Waals surface area contributed by atoms with Crippen LogP contribution in [0.5, 0.6) is 5.75 Å². The van der Waals surface area contributed by atoms with Gasteiger partial charge in [0.25, 0.3) is 0 Å². The quantitative estimate of drug-likeness (QED) is 0.828. The summed E-state index contributed by atoms with van der Waals surface area (Å²) in [4.78, 5) is 11.5. The summed E-state index contributed by atoms with van der Waals surface area (Å²) < 4.78 is 15.0. The van der Waals surface area contributed by atoms with Crippen molar-refractivity contribution in [2.75, 3.05) is 14.2 Å². The zero-order valence-corrected chi connectivity index (χ0v) is 12.4. The van der Waals surface area contributed by atoms with Crippen molar-refractivity contribution in [2.24, 2.45) is 0 Å². The molecule has 0 saturated heterocycles. The number of hydrogen-bond acceptors (Lipinski definition) is 5. The molecule has 0 aliphatic heterocycles. The smallest absolute Gasteiger partial charge is 0.374 e. The molecule has 0 aliphatic rings. The van der Waals surface area contributed by atoms with Crippen LogP contribution < -0.4 is 10.1 Å². The predicted molar refractivity (Wildman–Crippen MR) is 78.3 cm³/mol. The summed E-state index contributed by atoms with van der Waals surface area (Å²) in [7, 11) is 2.98. The van der Waals surface area contributed by atoms with Crippen LogP contribution in [-0.4, -0.2) is 20.2 Å². The van der Waals surface area contributed by atoms with E-state index in [0.29, 0.717) is 6.54 Å². The maximum absolute atomic E-state index is 11.5. The van der Waals surface area contributed by atoms with Gasteiger partial charge in [-0.05, 0) is 30.7 Å². The molecule has 5 nitrogen and oxygen atoms in total. The summed E-state index contributed by atoms with van der Waals surface area (Å²) in [5.41, 5.74) is 1.92. The molecular weight excluding hydrogens is 270 g/mol. The van der Waals surface area contributed by atoms with Crippen molar-refractivity contribution in [3.63, 3.8) is 0 Å². The van der Waals surface area contributed by atoms with Crippen LogP contribution in [-0.2, 0) is 11.3 Å². The van der Waals surface area contributed by atoms with E-state index in [2.05, 4.69) is 17.0 Å². The molecule has 0 saturated carbocycles. The Labute approximate surface area is 123 Å². The lowest BCUT2D eigenvalue weighted by molar-refractivity contribution is 0.0563. The van der Waals surface area contributed by atoms with Crippen molar-refractivity contribution in [1.29, 1.82) is 0 Å². The lowest BCUT2D eigenvalue weighted by Gasteiger charge is -2.14. The summed E-state index contributed by atoms with van der Waals surface area (Å²) in [5, 5.41) is 3.35. The SMILES string of the molecule is COC(=O)c1occc1CN[C@H](C)c1ccc(OC)cc1. The monoisotopic (exact) mass is 289 g/mol. The molecule has 1 aromatic heterocycles. The first kappa shape index (κ1) is 15.1. The van der Waals surface area contributed by atoms with Crippen molar-refractivity contribution >= 4 is 5.97 Å². The first-order valence-corrected chi connectivity index (χ1v) is 6.67. The summed E-state index contributed by atoms with van der Waals surface area (Å²) >= 11 is 0. The van der Waals surface area contributed by atoms with E-state index in [4.69, 9.17) is 9.15 Å². The average molecular weight is 289 g/mol. The second-order valence-electron chi connectivity index (χ2n) is 4.64. The standard InChI is InChI=1S/C16H19NO4/c1-11(12-4-6-14(19-2)7-5-12)17-10-13-8-9-21-15(13)16(18)20-3/h4-9,11,17H,10H2,1-3H3/t11-/m1/s1. The van der Waals surface area contributed by atoms with E-state index in [0.717, 1.165) is 16.9 Å². The molecule has 0 aliphatic carbocycles. The van der Waals surface area contributed by atoms with E-state index >= 15 is 0 Å². The Balaban J connectivity index is 1.99. The van der Waals surface area contributed by atoms with Crippen LogP contribution >= 0.6 is 0 Å². The number of carbonyl (C=O) groups is 1. The van der Waals surface area contributed by atoms with Crippen molar-refractivity contribution in [2.45, 2.75) is 19.5 Å². The van der Waals surface area contributed by atoms with Gasteiger partial charge in [-0.3, -0.25) is 0 Å². The van der Waals surface area contributed by atoms with Gasteiger partial charge in [-0.15, -0.1) is 0 Å². The first-order chi connectivity index (χ1) is 10.2. The fourth-order valence-corrected chi connectivity index (χ4v) is 2.02. The maximum atomic E-state index is 11.5. The topological polar surface area (TPSA) is 60.7 Å². The third-order valence-corrected chi connectivity index (χ3v) is 3.33. The van der Waals surface area contributed by atoms with Crippen LogP contribution in [0.2, 0.25) is 0 Å². The third kappa shape index (κ3) is 3.64. The summed E-state index contributed by atoms with van der Waals surface area (Å²) in [6, 6.07) is 9.76. The van der Waals surface area contributed by atoms with Crippen LogP contribution in [0, 0.1) is 0 Å². The van der Waals surface area contributed by atoms with Crippen LogP contribution in [0.25, 0.3) is 0 Å². The maximum Gasteiger partial charge on any atom is 0.374 e. The molecule has 0 fully saturated rings. The minimum Gasteiger partial charge on any atom is -0.497 e. The lowest BCUT2D eigenvalue weighted by atomic mass is 10.1. The molecule has 21 heavy (non-hydrogen) atoms. The van der Waals surface area contributed by atoms with Crippen molar-refractivity contribution in [3.05, 3.63) is 53.5 Å². The predicted octanol–water partition coefficient (Wildman–Crippen LogP) is 2.93. The van der Waals surface area contributed by atoms with Gasteiger partial charge in [0, 0.05) is 18.2 Å². The summed E-state index contributed by atoms with van der Waals surface area (Å²) in [5.74, 6) is 0.606. The van der Waals surface area contributed by atoms with Gasteiger partial charge in [-0.1, -0.05) is 12.1 Å². The Morgan fingerprint density at radius 3 is 2.57 bits per heavy atom. The highest BCUT2D eigenvalue weighted by Gasteiger charge is 2.16. The fourth-order valence-electron chi connectivity index (χ4n) is 2.02. The number of ether oxygens (including phenoxy) is 2. The number of esters is 1. The molecule has 5 heteroatoms. The van der Waals surface area contributed by atoms with Gasteiger partial charge in [0.15, 0.2) is 0 Å². The van der Waals surface area contributed by atoms with E-state index in [-0.39, 0.29) is 11.8 Å². The van der Waals surface area contributed by atoms with Crippen molar-refractivity contribution in [1.82, 2.24) is 5.32 Å². The van der Waals surface area contributed by atoms with Gasteiger partial charge in [-0.2, -0.15) is 0 Å². The molecule has 1 atom stereocenters. The number of carbonyl (C=O) groups excluding carboxylic acids is 1. The summed E-state index contributed by atoms with van der Waals surface area (Å²) in [6.45, 7) is 2.58. The minimum atomic E-state index is -0.464. The van der Waals surface area contributed by atoms with Gasteiger partial charge in [0.05, 0.1) is 20.5 Å². The van der Waals surface area contributed by atoms with E-state index in [1.165, 1.54) is 13.4 Å². The van der Waals surface area contributed by atoms with E-state index in [1.807, 2.05) is 24.3 Å². The number of hydrogen-bond donors (Lipinski definition) is 1. The van der Waals surface area contributed by atoms with Crippen LogP contribution in [0.3, 0.4) is 0 Å². The molecule has 1 heterocycles. The Morgan fingerprint density at radius 2 is 1.95 bits per heavy atom. The van der Waals surface area contributed by atoms with Crippen LogP contribution in [0.1, 0.15) is 34.6 Å². The fraction of sp³-hybridized carbons (Fsp3) is 0.312. The van der Waals surface area contributed by atoms with Gasteiger partial charge >= 0.3 is 5.97 Å². The number of nitrogens with one attached hydrogen (secondary N) is 1. The van der Waals surface area contributed by atoms with Gasteiger partial charge in [-0.25, -0.2) is 4.79 Å². The normalized spacial score (nSPS) is 12.0. The highest BCUT2D eigenvalue weighted by molar-refractivity contribution is 5.87. The zero-order chi connectivity index (χ0) is 15.2. The van der Waals surface area contributed by atoms with E-state index in [9.17, 15) is 4.79 Å². The third-order valence-electron chi connectivity index (χ3n) is 3.33. The molecule has 1 N–H and O–H groups in total. The molecule has 112 valence electrons. The molecular formula is C16H19NO4. The largest absolute Gasteiger partial charge is 0.497 e. The number of benzene rings is 1. The van der Waals surface area contributed by atoms with Gasteiger partial charge in [0.2, 0.25) is 5.76 Å².